The first-order chi connectivity index (χ1) is 25.6. The third-order valence-corrected chi connectivity index (χ3v) is 9.27. The number of rotatable bonds is 9. The van der Waals surface area contributed by atoms with Crippen LogP contribution < -0.4 is 0 Å². The highest BCUT2D eigenvalue weighted by Crippen LogP contribution is 2.35. The molecule has 250 valence electrons. The summed E-state index contributed by atoms with van der Waals surface area (Å²) in [5.41, 5.74) is 10.7. The van der Waals surface area contributed by atoms with Gasteiger partial charge in [-0.05, 0) is 91.7 Å². The summed E-state index contributed by atoms with van der Waals surface area (Å²) in [6.45, 7) is 6.01. The Bertz CT molecular complexity index is 2530. The molecule has 7 rings (SSSR count). The fourth-order valence-electron chi connectivity index (χ4n) is 6.61. The van der Waals surface area contributed by atoms with Gasteiger partial charge in [-0.25, -0.2) is 4.99 Å². The van der Waals surface area contributed by atoms with Crippen molar-refractivity contribution in [2.75, 3.05) is 7.05 Å². The van der Waals surface area contributed by atoms with Crippen LogP contribution in [-0.2, 0) is 0 Å². The molecular weight excluding hydrogens is 629 g/mol. The maximum atomic E-state index is 5.27. The molecule has 0 saturated carbocycles. The topological polar surface area (TPSA) is 24.7 Å². The Labute approximate surface area is 306 Å². The van der Waals surface area contributed by atoms with E-state index in [1.165, 1.54) is 27.1 Å². The Morgan fingerprint density at radius 3 is 1.98 bits per heavy atom. The summed E-state index contributed by atoms with van der Waals surface area (Å²) in [6.07, 6.45) is 12.2. The number of hydrogen-bond donors (Lipinski definition) is 0. The molecule has 7 aromatic rings. The van der Waals surface area contributed by atoms with Crippen molar-refractivity contribution in [3.05, 3.63) is 217 Å². The molecule has 0 radical (unpaired) electrons. The van der Waals surface area contributed by atoms with Crippen LogP contribution in [0.5, 0.6) is 0 Å². The van der Waals surface area contributed by atoms with Crippen LogP contribution in [-0.4, -0.2) is 18.6 Å². The minimum atomic E-state index is 0.664. The van der Waals surface area contributed by atoms with Gasteiger partial charge in [0.05, 0.1) is 5.71 Å². The molecule has 0 aromatic heterocycles. The maximum Gasteiger partial charge on any atom is 0.154 e. The maximum absolute atomic E-state index is 5.27. The first kappa shape index (κ1) is 33.8. The van der Waals surface area contributed by atoms with Crippen molar-refractivity contribution < 1.29 is 0 Å². The van der Waals surface area contributed by atoms with Gasteiger partial charge in [-0.15, -0.1) is 0 Å². The summed E-state index contributed by atoms with van der Waals surface area (Å²) in [4.78, 5) is 10.0. The molecule has 0 spiro atoms. The van der Waals surface area contributed by atoms with Crippen LogP contribution >= 0.6 is 0 Å². The Hall–Kier alpha value is -6.64. The number of allylic oxidation sites excluding steroid dienone is 6. The number of benzene rings is 7. The lowest BCUT2D eigenvalue weighted by atomic mass is 9.92. The third kappa shape index (κ3) is 7.43. The van der Waals surface area contributed by atoms with Crippen molar-refractivity contribution in [2.45, 2.75) is 6.92 Å². The predicted molar refractivity (Wildman–Crippen MR) is 226 cm³/mol. The van der Waals surface area contributed by atoms with Crippen LogP contribution in [0.25, 0.3) is 55.4 Å². The fourth-order valence-corrected chi connectivity index (χ4v) is 6.61. The van der Waals surface area contributed by atoms with Crippen LogP contribution in [0, 0.1) is 0 Å². The van der Waals surface area contributed by atoms with Crippen molar-refractivity contribution in [1.29, 1.82) is 0 Å². The van der Waals surface area contributed by atoms with Crippen molar-refractivity contribution in [3.63, 3.8) is 0 Å². The third-order valence-electron chi connectivity index (χ3n) is 9.27. The molecule has 0 heterocycles. The zero-order chi connectivity index (χ0) is 35.7. The number of aliphatic imine (C=N–C) groups is 2. The number of fused-ring (bicyclic) bond motifs is 3. The van der Waals surface area contributed by atoms with Crippen LogP contribution in [0.2, 0.25) is 0 Å². The molecule has 0 saturated heterocycles. The molecule has 0 atom stereocenters. The van der Waals surface area contributed by atoms with Crippen LogP contribution in [0.15, 0.2) is 205 Å². The molecule has 0 unspecified atom stereocenters. The number of hydrogen-bond acceptors (Lipinski definition) is 1. The van der Waals surface area contributed by atoms with Crippen molar-refractivity contribution in [1.82, 2.24) is 0 Å². The van der Waals surface area contributed by atoms with E-state index in [0.29, 0.717) is 5.84 Å². The molecular formula is C50H40N2. The Kier molecular flexibility index (Phi) is 10.4. The van der Waals surface area contributed by atoms with Gasteiger partial charge in [0.25, 0.3) is 0 Å². The van der Waals surface area contributed by atoms with E-state index in [0.717, 1.165) is 50.2 Å². The highest BCUT2D eigenvalue weighted by Gasteiger charge is 2.12. The van der Waals surface area contributed by atoms with E-state index >= 15 is 0 Å². The van der Waals surface area contributed by atoms with Crippen molar-refractivity contribution >= 4 is 44.7 Å². The summed E-state index contributed by atoms with van der Waals surface area (Å²) in [6, 6.07) is 55.7. The highest BCUT2D eigenvalue weighted by atomic mass is 14.9. The standard InChI is InChI=1S/C50H40N2/c1-4-6-16-37(5-2)39-30-27-36(28-31-39)29-32-49(43-22-14-20-40(33-43)38-17-8-7-9-18-38)52-50(51-3)44-23-15-21-41(34-44)48-35-42-19-10-11-24-45(42)46-25-12-13-26-47(46)48/h4-35H,2H2,1,3H3/b6-4-,32-29+,37-16+,51-50-,52-49+. The summed E-state index contributed by atoms with van der Waals surface area (Å²) in [5.74, 6) is 0.664. The monoisotopic (exact) mass is 668 g/mol. The minimum absolute atomic E-state index is 0.664. The van der Waals surface area contributed by atoms with Gasteiger partial charge in [-0.1, -0.05) is 176 Å². The van der Waals surface area contributed by atoms with Crippen LogP contribution in [0.3, 0.4) is 0 Å². The zero-order valence-electron chi connectivity index (χ0n) is 29.6. The first-order valence-corrected chi connectivity index (χ1v) is 17.6. The van der Waals surface area contributed by atoms with Crippen LogP contribution in [0.4, 0.5) is 0 Å². The van der Waals surface area contributed by atoms with Crippen molar-refractivity contribution in [3.8, 4) is 22.3 Å². The highest BCUT2D eigenvalue weighted by molar-refractivity contribution is 6.19. The Balaban J connectivity index is 1.30. The van der Waals surface area contributed by atoms with Gasteiger partial charge in [0.1, 0.15) is 0 Å². The number of nitrogens with zero attached hydrogens (tertiary/aromatic N) is 2. The average molecular weight is 669 g/mol. The Morgan fingerprint density at radius 1 is 0.577 bits per heavy atom. The van der Waals surface area contributed by atoms with E-state index in [-0.39, 0.29) is 0 Å². The molecule has 7 aromatic carbocycles. The van der Waals surface area contributed by atoms with E-state index in [1.54, 1.807) is 0 Å². The van der Waals surface area contributed by atoms with Gasteiger partial charge in [-0.2, -0.15) is 0 Å². The predicted octanol–water partition coefficient (Wildman–Crippen LogP) is 13.1. The minimum Gasteiger partial charge on any atom is -0.270 e. The molecule has 0 amide bonds. The molecule has 52 heavy (non-hydrogen) atoms. The van der Waals surface area contributed by atoms with Gasteiger partial charge >= 0.3 is 0 Å². The molecule has 0 aliphatic rings. The summed E-state index contributed by atoms with van der Waals surface area (Å²) < 4.78 is 0. The summed E-state index contributed by atoms with van der Waals surface area (Å²) in [5, 5.41) is 4.95. The van der Waals surface area contributed by atoms with Crippen LogP contribution in [0.1, 0.15) is 29.2 Å². The normalized spacial score (nSPS) is 12.7. The van der Waals surface area contributed by atoms with Gasteiger partial charge in [0, 0.05) is 18.2 Å². The Morgan fingerprint density at radius 2 is 1.23 bits per heavy atom. The van der Waals surface area contributed by atoms with E-state index in [2.05, 4.69) is 176 Å². The van der Waals surface area contributed by atoms with E-state index in [4.69, 9.17) is 9.98 Å². The SMILES string of the molecule is C=C/C(=C\C=C/C)c1ccc(/C=C/C(=N\C(=N/C)c2cccc(-c3cc4ccccc4c4ccccc34)c2)c2cccc(-c3ccccc3)c2)cc1. The molecule has 0 bridgehead atoms. The second-order valence-corrected chi connectivity index (χ2v) is 12.6. The quantitative estimate of drug-likeness (QED) is 0.0633. The lowest BCUT2D eigenvalue weighted by Gasteiger charge is -2.12. The van der Waals surface area contributed by atoms with E-state index in [1.807, 2.05) is 38.3 Å². The average Bonchev–Trinajstić information content (AvgIpc) is 3.22. The molecule has 2 nitrogen and oxygen atoms in total. The summed E-state index contributed by atoms with van der Waals surface area (Å²) >= 11 is 0. The lowest BCUT2D eigenvalue weighted by molar-refractivity contribution is 1.38. The summed E-state index contributed by atoms with van der Waals surface area (Å²) in [7, 11) is 1.82. The van der Waals surface area contributed by atoms with E-state index in [9.17, 15) is 0 Å². The first-order valence-electron chi connectivity index (χ1n) is 17.6. The van der Waals surface area contributed by atoms with Gasteiger partial charge in [0.15, 0.2) is 5.84 Å². The van der Waals surface area contributed by atoms with Crippen molar-refractivity contribution in [2.24, 2.45) is 9.98 Å². The zero-order valence-corrected chi connectivity index (χ0v) is 29.6. The van der Waals surface area contributed by atoms with E-state index < -0.39 is 0 Å². The van der Waals surface area contributed by atoms with Gasteiger partial charge in [-0.3, -0.25) is 4.99 Å². The number of amidine groups is 1. The molecule has 0 fully saturated rings. The fraction of sp³-hybridized carbons (Fsp3) is 0.0400. The van der Waals surface area contributed by atoms with Gasteiger partial charge < -0.3 is 0 Å². The molecule has 0 N–H and O–H groups in total. The second kappa shape index (κ2) is 15.9. The smallest absolute Gasteiger partial charge is 0.154 e. The second-order valence-electron chi connectivity index (χ2n) is 12.6. The largest absolute Gasteiger partial charge is 0.270 e. The molecule has 2 heteroatoms. The van der Waals surface area contributed by atoms with Gasteiger partial charge in [0.2, 0.25) is 0 Å². The molecule has 0 aliphatic heterocycles. The molecule has 0 aliphatic carbocycles. The lowest BCUT2D eigenvalue weighted by Crippen LogP contribution is -2.05.